The van der Waals surface area contributed by atoms with E-state index >= 15 is 0 Å². The number of H-pyrrole nitrogens is 1. The summed E-state index contributed by atoms with van der Waals surface area (Å²) in [5.41, 5.74) is 2.22. The van der Waals surface area contributed by atoms with E-state index in [1.165, 1.54) is 0 Å². The van der Waals surface area contributed by atoms with Gasteiger partial charge in [-0.25, -0.2) is 9.50 Å². The van der Waals surface area contributed by atoms with E-state index in [1.807, 2.05) is 13.0 Å². The van der Waals surface area contributed by atoms with E-state index in [9.17, 15) is 4.79 Å². The lowest BCUT2D eigenvalue weighted by Gasteiger charge is -2.13. The number of aromatic amines is 1. The van der Waals surface area contributed by atoms with E-state index in [2.05, 4.69) is 32.3 Å². The maximum absolute atomic E-state index is 12.4. The van der Waals surface area contributed by atoms with Gasteiger partial charge in [-0.15, -0.1) is 0 Å². The van der Waals surface area contributed by atoms with Crippen LogP contribution in [-0.4, -0.2) is 37.7 Å². The van der Waals surface area contributed by atoms with Crippen LogP contribution in [0, 0.1) is 12.8 Å². The zero-order chi connectivity index (χ0) is 16.0. The zero-order valence-electron chi connectivity index (χ0n) is 13.1. The third-order valence-electron chi connectivity index (χ3n) is 4.57. The van der Waals surface area contributed by atoms with Gasteiger partial charge in [0.2, 0.25) is 0 Å². The summed E-state index contributed by atoms with van der Waals surface area (Å²) in [5.74, 6) is 2.00. The third-order valence-corrected chi connectivity index (χ3v) is 4.57. The Morgan fingerprint density at radius 2 is 2.17 bits per heavy atom. The van der Waals surface area contributed by atoms with Gasteiger partial charge in [0.05, 0.1) is 6.20 Å². The highest BCUT2D eigenvalue weighted by Crippen LogP contribution is 2.25. The Morgan fingerprint density at radius 1 is 1.30 bits per heavy atom. The number of hydrogen-bond donors (Lipinski definition) is 2. The molecular weight excluding hydrogens is 292 g/mol. The molecule has 1 fully saturated rings. The monoisotopic (exact) mass is 310 g/mol. The quantitative estimate of drug-likeness (QED) is 0.740. The zero-order valence-corrected chi connectivity index (χ0v) is 13.1. The van der Waals surface area contributed by atoms with Crippen molar-refractivity contribution in [1.82, 2.24) is 29.9 Å². The number of hydrogen-bond acceptors (Lipinski definition) is 5. The van der Waals surface area contributed by atoms with Crippen molar-refractivity contribution in [2.75, 3.05) is 13.1 Å². The van der Waals surface area contributed by atoms with Crippen molar-refractivity contribution in [3.63, 3.8) is 0 Å². The maximum Gasteiger partial charge on any atom is 0.276 e. The Balaban J connectivity index is 1.93. The summed E-state index contributed by atoms with van der Waals surface area (Å²) in [4.78, 5) is 23.9. The lowest BCUT2D eigenvalue weighted by atomic mass is 9.97. The molecule has 3 aromatic heterocycles. The molecule has 7 heteroatoms. The number of rotatable bonds is 2. The van der Waals surface area contributed by atoms with Crippen LogP contribution in [0.5, 0.6) is 0 Å². The first kappa shape index (κ1) is 14.1. The van der Waals surface area contributed by atoms with Crippen molar-refractivity contribution < 1.29 is 0 Å². The fraction of sp³-hybridized carbons (Fsp3) is 0.375. The molecule has 1 aliphatic rings. The average molecular weight is 310 g/mol. The highest BCUT2D eigenvalue weighted by Gasteiger charge is 2.28. The molecule has 2 N–H and O–H groups in total. The first-order valence-electron chi connectivity index (χ1n) is 7.75. The van der Waals surface area contributed by atoms with Crippen molar-refractivity contribution >= 4 is 5.52 Å². The van der Waals surface area contributed by atoms with Crippen molar-refractivity contribution in [3.05, 3.63) is 46.4 Å². The number of fused-ring (bicyclic) bond motifs is 1. The number of nitrogens with one attached hydrogen (secondary N) is 2. The van der Waals surface area contributed by atoms with Gasteiger partial charge in [-0.3, -0.25) is 9.78 Å². The van der Waals surface area contributed by atoms with E-state index in [0.717, 1.165) is 24.2 Å². The molecule has 0 saturated carbocycles. The van der Waals surface area contributed by atoms with Crippen molar-refractivity contribution in [2.45, 2.75) is 19.8 Å². The van der Waals surface area contributed by atoms with Crippen molar-refractivity contribution in [3.8, 4) is 11.4 Å². The molecule has 3 aromatic rings. The molecule has 2 unspecified atom stereocenters. The number of aromatic nitrogens is 5. The van der Waals surface area contributed by atoms with E-state index in [0.29, 0.717) is 23.1 Å². The van der Waals surface area contributed by atoms with Crippen LogP contribution in [-0.2, 0) is 0 Å². The molecular formula is C16H18N6O. The molecule has 4 heterocycles. The second kappa shape index (κ2) is 5.27. The first-order chi connectivity index (χ1) is 11.1. The minimum absolute atomic E-state index is 0.158. The molecule has 4 rings (SSSR count). The van der Waals surface area contributed by atoms with E-state index in [-0.39, 0.29) is 11.5 Å². The summed E-state index contributed by atoms with van der Waals surface area (Å²) in [6.07, 6.45) is 5.06. The van der Waals surface area contributed by atoms with Crippen LogP contribution in [0.1, 0.15) is 24.2 Å². The smallest absolute Gasteiger partial charge is 0.276 e. The van der Waals surface area contributed by atoms with E-state index in [1.54, 1.807) is 23.1 Å². The van der Waals surface area contributed by atoms with Crippen molar-refractivity contribution in [2.24, 2.45) is 5.92 Å². The van der Waals surface area contributed by atoms with Gasteiger partial charge < -0.3 is 10.3 Å². The summed E-state index contributed by atoms with van der Waals surface area (Å²) < 4.78 is 1.64. The molecule has 1 aliphatic heterocycles. The molecule has 2 atom stereocenters. The van der Waals surface area contributed by atoms with Crippen LogP contribution in [0.4, 0.5) is 0 Å². The summed E-state index contributed by atoms with van der Waals surface area (Å²) in [7, 11) is 0. The maximum atomic E-state index is 12.4. The standard InChI is InChI=1S/C16H18N6O/c1-9-3-4-17-7-12(9)15-19-8-13-16(23)20-14(21-22(13)15)11-6-18-5-10(11)2/h3-4,7-8,10-11,18H,5-6H2,1-2H3,(H,20,21,23). The number of aryl methyl sites for hydroxylation is 1. The molecule has 0 aromatic carbocycles. The van der Waals surface area contributed by atoms with Gasteiger partial charge in [0, 0.05) is 30.4 Å². The molecule has 0 bridgehead atoms. The van der Waals surface area contributed by atoms with Gasteiger partial charge in [0.1, 0.15) is 5.82 Å². The van der Waals surface area contributed by atoms with E-state index in [4.69, 9.17) is 0 Å². The molecule has 0 amide bonds. The average Bonchev–Trinajstić information content (AvgIpc) is 3.14. The highest BCUT2D eigenvalue weighted by molar-refractivity contribution is 5.63. The molecule has 7 nitrogen and oxygen atoms in total. The molecule has 0 radical (unpaired) electrons. The Kier molecular flexibility index (Phi) is 3.23. The molecule has 23 heavy (non-hydrogen) atoms. The summed E-state index contributed by atoms with van der Waals surface area (Å²) >= 11 is 0. The summed E-state index contributed by atoms with van der Waals surface area (Å²) in [5, 5.41) is 8.02. The number of pyridine rings is 1. The normalized spacial score (nSPS) is 21.1. The predicted octanol–water partition coefficient (Wildman–Crippen LogP) is 1.11. The largest absolute Gasteiger partial charge is 0.316 e. The third kappa shape index (κ3) is 2.24. The van der Waals surface area contributed by atoms with Gasteiger partial charge in [-0.05, 0) is 31.0 Å². The number of nitrogens with zero attached hydrogens (tertiary/aromatic N) is 4. The van der Waals surface area contributed by atoms with Gasteiger partial charge in [-0.2, -0.15) is 5.10 Å². The summed E-state index contributed by atoms with van der Waals surface area (Å²) in [6.45, 7) is 5.92. The van der Waals surface area contributed by atoms with Gasteiger partial charge in [0.25, 0.3) is 5.56 Å². The lowest BCUT2D eigenvalue weighted by Crippen LogP contribution is -2.21. The molecule has 1 saturated heterocycles. The van der Waals surface area contributed by atoms with E-state index < -0.39 is 0 Å². The molecule has 118 valence electrons. The first-order valence-corrected chi connectivity index (χ1v) is 7.75. The number of imidazole rings is 1. The Bertz CT molecular complexity index is 928. The fourth-order valence-electron chi connectivity index (χ4n) is 3.14. The second-order valence-corrected chi connectivity index (χ2v) is 6.15. The Hall–Kier alpha value is -2.54. The van der Waals surface area contributed by atoms with Gasteiger partial charge in [0.15, 0.2) is 11.3 Å². The second-order valence-electron chi connectivity index (χ2n) is 6.15. The topological polar surface area (TPSA) is 88.0 Å². The Labute approximate surface area is 132 Å². The minimum atomic E-state index is -0.158. The Morgan fingerprint density at radius 3 is 2.91 bits per heavy atom. The van der Waals surface area contributed by atoms with Gasteiger partial charge in [-0.1, -0.05) is 6.92 Å². The minimum Gasteiger partial charge on any atom is -0.316 e. The van der Waals surface area contributed by atoms with Crippen LogP contribution < -0.4 is 10.9 Å². The SMILES string of the molecule is Cc1ccncc1-c1ncc2c(=O)[nH]c(C3CNCC3C)nn12. The molecule has 0 aliphatic carbocycles. The highest BCUT2D eigenvalue weighted by atomic mass is 16.1. The van der Waals surface area contributed by atoms with Crippen LogP contribution in [0.15, 0.2) is 29.5 Å². The lowest BCUT2D eigenvalue weighted by molar-refractivity contribution is 0.533. The van der Waals surface area contributed by atoms with Crippen LogP contribution in [0.25, 0.3) is 16.9 Å². The van der Waals surface area contributed by atoms with Gasteiger partial charge >= 0.3 is 0 Å². The van der Waals surface area contributed by atoms with Crippen LogP contribution in [0.3, 0.4) is 0 Å². The molecule has 0 spiro atoms. The van der Waals surface area contributed by atoms with Crippen molar-refractivity contribution in [1.29, 1.82) is 0 Å². The summed E-state index contributed by atoms with van der Waals surface area (Å²) in [6, 6.07) is 1.92. The predicted molar refractivity (Wildman–Crippen MR) is 86.4 cm³/mol. The van der Waals surface area contributed by atoms with Crippen LogP contribution >= 0.6 is 0 Å². The van der Waals surface area contributed by atoms with Crippen LogP contribution in [0.2, 0.25) is 0 Å². The fourth-order valence-corrected chi connectivity index (χ4v) is 3.14.